The maximum atomic E-state index is 11.3. The van der Waals surface area contributed by atoms with Crippen LogP contribution in [0.15, 0.2) is 0 Å². The van der Waals surface area contributed by atoms with Crippen molar-refractivity contribution in [2.75, 3.05) is 13.1 Å². The van der Waals surface area contributed by atoms with Gasteiger partial charge in [-0.2, -0.15) is 0 Å². The van der Waals surface area contributed by atoms with Gasteiger partial charge < -0.3 is 4.90 Å². The van der Waals surface area contributed by atoms with Crippen molar-refractivity contribution in [1.82, 2.24) is 9.80 Å². The monoisotopic (exact) mass is 196 g/mol. The van der Waals surface area contributed by atoms with E-state index in [-0.39, 0.29) is 11.4 Å². The summed E-state index contributed by atoms with van der Waals surface area (Å²) in [6, 6.07) is 0.982. The van der Waals surface area contributed by atoms with Crippen LogP contribution in [-0.2, 0) is 4.79 Å². The van der Waals surface area contributed by atoms with Crippen molar-refractivity contribution in [3.63, 3.8) is 0 Å². The molecule has 3 fully saturated rings. The second-order valence-corrected chi connectivity index (χ2v) is 5.55. The number of piperazine rings is 1. The number of fused-ring (bicyclic) bond motifs is 2. The van der Waals surface area contributed by atoms with E-state index in [9.17, 15) is 4.79 Å². The molecule has 3 saturated heterocycles. The van der Waals surface area contributed by atoms with Gasteiger partial charge in [0.1, 0.15) is 0 Å². The minimum absolute atomic E-state index is 0.250. The molecule has 0 aromatic heterocycles. The molecule has 3 aliphatic rings. The molecule has 3 rings (SSSR count). The quantitative estimate of drug-likeness (QED) is 0.579. The van der Waals surface area contributed by atoms with Crippen molar-refractivity contribution >= 4 is 5.91 Å². The topological polar surface area (TPSA) is 23.6 Å². The molecule has 3 heterocycles. The number of hydrogen-bond acceptors (Lipinski definition) is 2. The van der Waals surface area contributed by atoms with Crippen LogP contribution < -0.4 is 0 Å². The van der Waals surface area contributed by atoms with Crippen LogP contribution in [-0.4, -0.2) is 46.4 Å². The molecule has 0 N–H and O–H groups in total. The van der Waals surface area contributed by atoms with Crippen molar-refractivity contribution in [2.24, 2.45) is 0 Å². The van der Waals surface area contributed by atoms with E-state index in [1.165, 1.54) is 6.42 Å². The highest BCUT2D eigenvalue weighted by atomic mass is 16.2. The molecular weight excluding hydrogens is 176 g/mol. The average molecular weight is 196 g/mol. The molecule has 2 atom stereocenters. The summed E-state index contributed by atoms with van der Waals surface area (Å²) in [7, 11) is 0. The fourth-order valence-electron chi connectivity index (χ4n) is 2.67. The van der Waals surface area contributed by atoms with Gasteiger partial charge in [0, 0.05) is 37.6 Å². The second-order valence-electron chi connectivity index (χ2n) is 5.55. The number of hydrogen-bond donors (Lipinski definition) is 0. The molecule has 3 heteroatoms. The fourth-order valence-corrected chi connectivity index (χ4v) is 2.67. The first-order valence-electron chi connectivity index (χ1n) is 5.43. The first kappa shape index (κ1) is 9.97. The molecule has 0 radical (unpaired) electrons. The van der Waals surface area contributed by atoms with E-state index in [4.69, 9.17) is 0 Å². The Bertz CT molecular complexity index is 245. The number of carbonyl (C=O) groups is 1. The predicted molar refractivity (Wildman–Crippen MR) is 56.0 cm³/mol. The van der Waals surface area contributed by atoms with Crippen LogP contribution in [0, 0.1) is 0 Å². The Balaban J connectivity index is 2.02. The van der Waals surface area contributed by atoms with Gasteiger partial charge in [0.15, 0.2) is 0 Å². The van der Waals surface area contributed by atoms with Crippen molar-refractivity contribution in [3.05, 3.63) is 0 Å². The Morgan fingerprint density at radius 3 is 2.07 bits per heavy atom. The van der Waals surface area contributed by atoms with Crippen molar-refractivity contribution in [2.45, 2.75) is 51.7 Å². The number of nitrogens with zero attached hydrogens (tertiary/aromatic N) is 2. The fraction of sp³-hybridized carbons (Fsp3) is 0.909. The minimum Gasteiger partial charge on any atom is -0.334 e. The molecule has 3 nitrogen and oxygen atoms in total. The Labute approximate surface area is 86.1 Å². The lowest BCUT2D eigenvalue weighted by molar-refractivity contribution is -0.155. The van der Waals surface area contributed by atoms with E-state index in [2.05, 4.69) is 30.6 Å². The molecule has 14 heavy (non-hydrogen) atoms. The Hall–Kier alpha value is -0.570. The first-order chi connectivity index (χ1) is 6.39. The first-order valence-corrected chi connectivity index (χ1v) is 5.43. The van der Waals surface area contributed by atoms with Crippen LogP contribution in [0.4, 0.5) is 0 Å². The molecule has 2 bridgehead atoms. The predicted octanol–water partition coefficient (Wildman–Crippen LogP) is 1.09. The molecule has 80 valence electrons. The van der Waals surface area contributed by atoms with Gasteiger partial charge in [-0.05, 0) is 27.2 Å². The van der Waals surface area contributed by atoms with E-state index in [1.807, 2.05) is 0 Å². The van der Waals surface area contributed by atoms with Gasteiger partial charge >= 0.3 is 0 Å². The normalized spacial score (nSPS) is 32.7. The van der Waals surface area contributed by atoms with Crippen LogP contribution in [0.5, 0.6) is 0 Å². The van der Waals surface area contributed by atoms with Crippen LogP contribution in [0.25, 0.3) is 0 Å². The van der Waals surface area contributed by atoms with Gasteiger partial charge in [-0.1, -0.05) is 0 Å². The lowest BCUT2D eigenvalue weighted by Crippen LogP contribution is -2.72. The summed E-state index contributed by atoms with van der Waals surface area (Å²) in [5, 5.41) is 0. The lowest BCUT2D eigenvalue weighted by Gasteiger charge is -2.58. The third kappa shape index (κ3) is 1.44. The minimum atomic E-state index is 0.250. The zero-order chi connectivity index (χ0) is 10.5. The van der Waals surface area contributed by atoms with Crippen molar-refractivity contribution in [3.8, 4) is 0 Å². The Kier molecular flexibility index (Phi) is 2.11. The largest absolute Gasteiger partial charge is 0.334 e. The van der Waals surface area contributed by atoms with Gasteiger partial charge in [-0.15, -0.1) is 0 Å². The summed E-state index contributed by atoms with van der Waals surface area (Å²) >= 11 is 0. The van der Waals surface area contributed by atoms with Gasteiger partial charge in [0.05, 0.1) is 0 Å². The van der Waals surface area contributed by atoms with Gasteiger partial charge in [0.2, 0.25) is 5.91 Å². The molecular formula is C11H20N2O. The molecule has 1 amide bonds. The highest BCUT2D eigenvalue weighted by Gasteiger charge is 2.47. The van der Waals surface area contributed by atoms with Crippen LogP contribution in [0.1, 0.15) is 34.1 Å². The number of piperidine rings is 1. The number of carbonyl (C=O) groups excluding carboxylic acids is 1. The van der Waals surface area contributed by atoms with Gasteiger partial charge in [0.25, 0.3) is 0 Å². The van der Waals surface area contributed by atoms with Crippen molar-refractivity contribution < 1.29 is 4.79 Å². The maximum Gasteiger partial charge on any atom is 0.220 e. The summed E-state index contributed by atoms with van der Waals surface area (Å²) in [4.78, 5) is 15.9. The Morgan fingerprint density at radius 2 is 1.71 bits per heavy atom. The van der Waals surface area contributed by atoms with Crippen LogP contribution in [0.2, 0.25) is 0 Å². The highest BCUT2D eigenvalue weighted by molar-refractivity contribution is 5.75. The van der Waals surface area contributed by atoms with Gasteiger partial charge in [-0.3, -0.25) is 9.69 Å². The highest BCUT2D eigenvalue weighted by Crippen LogP contribution is 2.35. The zero-order valence-corrected chi connectivity index (χ0v) is 9.58. The molecule has 0 saturated carbocycles. The summed E-state index contributed by atoms with van der Waals surface area (Å²) in [5.74, 6) is 0.250. The Morgan fingerprint density at radius 1 is 1.21 bits per heavy atom. The molecule has 0 aromatic carbocycles. The smallest absolute Gasteiger partial charge is 0.220 e. The second kappa shape index (κ2) is 2.96. The molecule has 0 aromatic rings. The average Bonchev–Trinajstić information content (AvgIpc) is 2.01. The molecule has 0 aliphatic carbocycles. The van der Waals surface area contributed by atoms with E-state index < -0.39 is 0 Å². The van der Waals surface area contributed by atoms with Gasteiger partial charge in [-0.25, -0.2) is 0 Å². The number of amides is 1. The van der Waals surface area contributed by atoms with Crippen LogP contribution in [0.3, 0.4) is 0 Å². The molecule has 2 unspecified atom stereocenters. The summed E-state index contributed by atoms with van der Waals surface area (Å²) in [6.07, 6.45) is 1.21. The van der Waals surface area contributed by atoms with E-state index in [0.29, 0.717) is 12.1 Å². The molecule has 0 spiro atoms. The summed E-state index contributed by atoms with van der Waals surface area (Å²) < 4.78 is 0. The third-order valence-electron chi connectivity index (χ3n) is 3.51. The van der Waals surface area contributed by atoms with E-state index in [0.717, 1.165) is 13.1 Å². The van der Waals surface area contributed by atoms with E-state index >= 15 is 0 Å². The zero-order valence-electron chi connectivity index (χ0n) is 9.58. The third-order valence-corrected chi connectivity index (χ3v) is 3.51. The van der Waals surface area contributed by atoms with Crippen molar-refractivity contribution in [1.29, 1.82) is 0 Å². The summed E-state index contributed by atoms with van der Waals surface area (Å²) in [5.41, 5.74) is 0.250. The summed E-state index contributed by atoms with van der Waals surface area (Å²) in [6.45, 7) is 10.5. The number of rotatable bonds is 0. The molecule has 3 aliphatic heterocycles. The van der Waals surface area contributed by atoms with Crippen LogP contribution >= 0.6 is 0 Å². The van der Waals surface area contributed by atoms with E-state index in [1.54, 1.807) is 6.92 Å². The lowest BCUT2D eigenvalue weighted by atomic mass is 9.85. The SMILES string of the molecule is CC(=O)N1C2CC1CN(C(C)(C)C)C2. The standard InChI is InChI=1S/C11H20N2O/c1-8(14)13-9-5-10(13)7-12(6-9)11(2,3)4/h9-10H,5-7H2,1-4H3. The maximum absolute atomic E-state index is 11.3.